The molecular formula is C24H40N4O2. The highest BCUT2D eigenvalue weighted by molar-refractivity contribution is 5.73. The Morgan fingerprint density at radius 2 is 1.87 bits per heavy atom. The molecule has 0 bridgehead atoms. The van der Waals surface area contributed by atoms with Crippen molar-refractivity contribution in [2.75, 3.05) is 0 Å². The van der Waals surface area contributed by atoms with E-state index in [1.165, 1.54) is 25.7 Å². The fourth-order valence-corrected chi connectivity index (χ4v) is 8.92. The lowest BCUT2D eigenvalue weighted by Gasteiger charge is -2.62. The normalized spacial score (nSPS) is 48.6. The number of fused-ring (bicyclic) bond motifs is 5. The zero-order chi connectivity index (χ0) is 21.7. The van der Waals surface area contributed by atoms with Crippen LogP contribution in [0.5, 0.6) is 0 Å². The van der Waals surface area contributed by atoms with Crippen molar-refractivity contribution in [1.82, 2.24) is 0 Å². The third-order valence-electron chi connectivity index (χ3n) is 10.5. The number of primary amides is 1. The second-order valence-electron chi connectivity index (χ2n) is 11.6. The van der Waals surface area contributed by atoms with Gasteiger partial charge in [0, 0.05) is 17.4 Å². The Kier molecular flexibility index (Phi) is 5.87. The first-order valence-electron chi connectivity index (χ1n) is 12.2. The zero-order valence-electron chi connectivity index (χ0n) is 19.0. The molecule has 168 valence electrons. The maximum Gasteiger partial charge on any atom is 0.217 e. The molecule has 0 aromatic carbocycles. The van der Waals surface area contributed by atoms with Gasteiger partial charge in [0.15, 0.2) is 0 Å². The average molecular weight is 417 g/mol. The Balaban J connectivity index is 1.54. The standard InChI is InChI=1S/C24H40N4O2/c1-14(4-7-21(25)30)17-5-6-18-22-19(9-11-24(17,18)3)23(2)10-8-16(27-28-26)12-15(23)13-20(22)29/h14-20,22,29H,4-13H2,1-3H3,(H2,25,30)/t14-,15+,16?,17-,18+,19+,20-,22+,23+,24-/m1/s1. The Bertz CT molecular complexity index is 722. The molecule has 4 saturated carbocycles. The number of rotatable bonds is 5. The number of nitrogens with zero attached hydrogens (tertiary/aromatic N) is 3. The molecule has 3 N–H and O–H groups in total. The second-order valence-corrected chi connectivity index (χ2v) is 11.6. The highest BCUT2D eigenvalue weighted by Crippen LogP contribution is 2.68. The van der Waals surface area contributed by atoms with Crippen LogP contribution in [0.1, 0.15) is 85.0 Å². The predicted octanol–water partition coefficient (Wildman–Crippen LogP) is 5.20. The Hall–Kier alpha value is -1.26. The molecule has 30 heavy (non-hydrogen) atoms. The van der Waals surface area contributed by atoms with Gasteiger partial charge in [-0.2, -0.15) is 0 Å². The molecule has 6 heteroatoms. The number of aliphatic hydroxyl groups excluding tert-OH is 1. The maximum absolute atomic E-state index is 11.4. The molecule has 1 amide bonds. The summed E-state index contributed by atoms with van der Waals surface area (Å²) >= 11 is 0. The highest BCUT2D eigenvalue weighted by Gasteiger charge is 2.62. The van der Waals surface area contributed by atoms with Crippen LogP contribution in [0.25, 0.3) is 10.4 Å². The lowest BCUT2D eigenvalue weighted by atomic mass is 9.43. The lowest BCUT2D eigenvalue weighted by Crippen LogP contribution is -2.58. The minimum absolute atomic E-state index is 0.104. The SMILES string of the molecule is C[C@H](CCC(N)=O)[C@H]1CC[C@H]2[C@@H]3[C@H](O)C[C@@H]4CC(N=[N+]=[N-])CC[C@]4(C)[C@H]3CC[C@]12C. The van der Waals surface area contributed by atoms with Gasteiger partial charge in [-0.25, -0.2) is 0 Å². The number of carbonyl (C=O) groups is 1. The van der Waals surface area contributed by atoms with Gasteiger partial charge in [-0.15, -0.1) is 0 Å². The lowest BCUT2D eigenvalue weighted by molar-refractivity contribution is -0.166. The molecule has 0 heterocycles. The van der Waals surface area contributed by atoms with Crippen LogP contribution >= 0.6 is 0 Å². The third kappa shape index (κ3) is 3.44. The summed E-state index contributed by atoms with van der Waals surface area (Å²) in [7, 11) is 0. The third-order valence-corrected chi connectivity index (χ3v) is 10.5. The molecule has 4 fully saturated rings. The molecule has 6 nitrogen and oxygen atoms in total. The molecule has 4 aliphatic carbocycles. The molecular weight excluding hydrogens is 376 g/mol. The van der Waals surface area contributed by atoms with Crippen LogP contribution in [-0.4, -0.2) is 23.2 Å². The van der Waals surface area contributed by atoms with Crippen molar-refractivity contribution in [3.05, 3.63) is 10.4 Å². The molecule has 0 aromatic rings. The summed E-state index contributed by atoms with van der Waals surface area (Å²) < 4.78 is 0. The monoisotopic (exact) mass is 416 g/mol. The van der Waals surface area contributed by atoms with E-state index in [1.807, 2.05) is 0 Å². The van der Waals surface area contributed by atoms with E-state index in [9.17, 15) is 9.90 Å². The van der Waals surface area contributed by atoms with Gasteiger partial charge >= 0.3 is 0 Å². The predicted molar refractivity (Wildman–Crippen MR) is 117 cm³/mol. The summed E-state index contributed by atoms with van der Waals surface area (Å²) in [5.41, 5.74) is 14.8. The summed E-state index contributed by atoms with van der Waals surface area (Å²) in [6, 6.07) is 0.104. The van der Waals surface area contributed by atoms with Gasteiger partial charge < -0.3 is 10.8 Å². The summed E-state index contributed by atoms with van der Waals surface area (Å²) in [5.74, 6) is 2.97. The molecule has 10 atom stereocenters. The first-order chi connectivity index (χ1) is 14.2. The second kappa shape index (κ2) is 8.02. The van der Waals surface area contributed by atoms with Crippen LogP contribution in [0.4, 0.5) is 0 Å². The summed E-state index contributed by atoms with van der Waals surface area (Å²) in [6.07, 6.45) is 9.92. The van der Waals surface area contributed by atoms with Gasteiger partial charge in [-0.1, -0.05) is 25.9 Å². The Morgan fingerprint density at radius 3 is 2.57 bits per heavy atom. The van der Waals surface area contributed by atoms with E-state index >= 15 is 0 Å². The van der Waals surface area contributed by atoms with Crippen molar-refractivity contribution in [3.63, 3.8) is 0 Å². The average Bonchev–Trinajstić information content (AvgIpc) is 3.04. The van der Waals surface area contributed by atoms with Crippen molar-refractivity contribution in [2.45, 2.75) is 97.1 Å². The molecule has 0 aromatic heterocycles. The molecule has 0 radical (unpaired) electrons. The van der Waals surface area contributed by atoms with E-state index in [4.69, 9.17) is 11.3 Å². The van der Waals surface area contributed by atoms with E-state index in [0.29, 0.717) is 41.9 Å². The first kappa shape index (κ1) is 22.0. The van der Waals surface area contributed by atoms with Gasteiger partial charge in [0.1, 0.15) is 0 Å². The summed E-state index contributed by atoms with van der Waals surface area (Å²) in [6.45, 7) is 7.25. The number of nitrogens with two attached hydrogens (primary N) is 1. The minimum atomic E-state index is -0.234. The molecule has 4 aliphatic rings. The van der Waals surface area contributed by atoms with Gasteiger partial charge in [0.05, 0.1) is 6.10 Å². The maximum atomic E-state index is 11.4. The van der Waals surface area contributed by atoms with Crippen LogP contribution in [0.3, 0.4) is 0 Å². The van der Waals surface area contributed by atoms with Crippen LogP contribution in [-0.2, 0) is 4.79 Å². The first-order valence-corrected chi connectivity index (χ1v) is 12.2. The molecule has 0 spiro atoms. The van der Waals surface area contributed by atoms with Crippen molar-refractivity contribution < 1.29 is 9.90 Å². The van der Waals surface area contributed by atoms with Crippen LogP contribution in [0.2, 0.25) is 0 Å². The number of aliphatic hydroxyl groups is 1. The number of amides is 1. The molecule has 0 aliphatic heterocycles. The van der Waals surface area contributed by atoms with Crippen LogP contribution in [0, 0.1) is 46.3 Å². The van der Waals surface area contributed by atoms with Gasteiger partial charge in [0.25, 0.3) is 0 Å². The molecule has 4 rings (SSSR count). The number of carbonyl (C=O) groups excluding carboxylic acids is 1. The Morgan fingerprint density at radius 1 is 1.17 bits per heavy atom. The topological polar surface area (TPSA) is 112 Å². The van der Waals surface area contributed by atoms with Crippen molar-refractivity contribution in [2.24, 2.45) is 57.2 Å². The van der Waals surface area contributed by atoms with Crippen LogP contribution in [0.15, 0.2) is 5.11 Å². The van der Waals surface area contributed by atoms with Crippen molar-refractivity contribution >= 4 is 5.91 Å². The van der Waals surface area contributed by atoms with Gasteiger partial charge in [-0.3, -0.25) is 4.79 Å². The van der Waals surface area contributed by atoms with E-state index in [-0.39, 0.29) is 28.9 Å². The smallest absolute Gasteiger partial charge is 0.217 e. The largest absolute Gasteiger partial charge is 0.393 e. The fraction of sp³-hybridized carbons (Fsp3) is 0.958. The summed E-state index contributed by atoms with van der Waals surface area (Å²) in [5, 5.41) is 15.4. The number of azide groups is 1. The zero-order valence-corrected chi connectivity index (χ0v) is 19.0. The van der Waals surface area contributed by atoms with Crippen LogP contribution < -0.4 is 5.73 Å². The quantitative estimate of drug-likeness (QED) is 0.365. The molecule has 0 saturated heterocycles. The number of hydrogen-bond acceptors (Lipinski definition) is 3. The Labute approximate surface area is 181 Å². The van der Waals surface area contributed by atoms with E-state index in [0.717, 1.165) is 32.1 Å². The van der Waals surface area contributed by atoms with Crippen molar-refractivity contribution in [1.29, 1.82) is 0 Å². The minimum Gasteiger partial charge on any atom is -0.393 e. The molecule has 1 unspecified atom stereocenters. The highest BCUT2D eigenvalue weighted by atomic mass is 16.3. The number of hydrogen-bond donors (Lipinski definition) is 2. The van der Waals surface area contributed by atoms with Crippen molar-refractivity contribution in [3.8, 4) is 0 Å². The summed E-state index contributed by atoms with van der Waals surface area (Å²) in [4.78, 5) is 14.4. The fourth-order valence-electron chi connectivity index (χ4n) is 8.92. The van der Waals surface area contributed by atoms with E-state index in [1.54, 1.807) is 0 Å². The van der Waals surface area contributed by atoms with Gasteiger partial charge in [0.2, 0.25) is 5.91 Å². The van der Waals surface area contributed by atoms with Gasteiger partial charge in [-0.05, 0) is 110 Å². The van der Waals surface area contributed by atoms with E-state index in [2.05, 4.69) is 30.8 Å². The van der Waals surface area contributed by atoms with E-state index < -0.39 is 0 Å².